The lowest BCUT2D eigenvalue weighted by Crippen LogP contribution is -2.39. The maximum absolute atomic E-state index is 12.2. The van der Waals surface area contributed by atoms with E-state index in [9.17, 15) is 13.9 Å². The number of nitrogens with one attached hydrogen (secondary N) is 1. The number of nitrogens with zero attached hydrogens (tertiary/aromatic N) is 3. The lowest BCUT2D eigenvalue weighted by atomic mass is 10.1. The molecule has 0 saturated carbocycles. The van der Waals surface area contributed by atoms with Gasteiger partial charge in [-0.05, 0) is 50.4 Å². The van der Waals surface area contributed by atoms with E-state index in [-0.39, 0.29) is 11.9 Å². The van der Waals surface area contributed by atoms with Crippen LogP contribution in [0.4, 0.5) is 8.78 Å². The molecule has 0 aliphatic carbocycles. The van der Waals surface area contributed by atoms with Gasteiger partial charge in [0.05, 0.1) is 6.10 Å². The van der Waals surface area contributed by atoms with Crippen LogP contribution in [0, 0.1) is 0 Å². The van der Waals surface area contributed by atoms with E-state index in [4.69, 9.17) is 4.99 Å². The fourth-order valence-electron chi connectivity index (χ4n) is 3.22. The number of piperidine rings is 1. The molecule has 0 atom stereocenters. The monoisotopic (exact) mass is 398 g/mol. The van der Waals surface area contributed by atoms with Crippen LogP contribution in [0.3, 0.4) is 0 Å². The normalized spacial score (nSPS) is 16.4. The minimum absolute atomic E-state index is 0.140. The Morgan fingerprint density at radius 2 is 2.00 bits per heavy atom. The van der Waals surface area contributed by atoms with Gasteiger partial charge in [-0.25, -0.2) is 0 Å². The van der Waals surface area contributed by atoms with Gasteiger partial charge in [0.1, 0.15) is 5.75 Å². The summed E-state index contributed by atoms with van der Waals surface area (Å²) in [6.07, 6.45) is 2.55. The van der Waals surface area contributed by atoms with Crippen molar-refractivity contribution in [3.63, 3.8) is 0 Å². The van der Waals surface area contributed by atoms with E-state index in [1.165, 1.54) is 0 Å². The molecule has 8 heteroatoms. The predicted molar refractivity (Wildman–Crippen MR) is 107 cm³/mol. The molecule has 1 fully saturated rings. The van der Waals surface area contributed by atoms with Crippen molar-refractivity contribution in [2.75, 3.05) is 39.8 Å². The number of aliphatic hydroxyl groups is 1. The highest BCUT2D eigenvalue weighted by atomic mass is 19.3. The molecule has 0 radical (unpaired) electrons. The van der Waals surface area contributed by atoms with Crippen molar-refractivity contribution in [2.24, 2.45) is 4.99 Å². The van der Waals surface area contributed by atoms with Gasteiger partial charge in [-0.15, -0.1) is 0 Å². The first-order valence-electron chi connectivity index (χ1n) is 9.91. The summed E-state index contributed by atoms with van der Waals surface area (Å²) in [4.78, 5) is 9.09. The zero-order valence-electron chi connectivity index (χ0n) is 16.8. The van der Waals surface area contributed by atoms with E-state index in [0.717, 1.165) is 63.5 Å². The van der Waals surface area contributed by atoms with Crippen LogP contribution in [0.2, 0.25) is 0 Å². The predicted octanol–water partition coefficient (Wildman–Crippen LogP) is 2.53. The number of hydrogen-bond donors (Lipinski definition) is 2. The summed E-state index contributed by atoms with van der Waals surface area (Å²) in [6.45, 7) is 4.23. The van der Waals surface area contributed by atoms with Crippen LogP contribution >= 0.6 is 0 Å². The zero-order valence-corrected chi connectivity index (χ0v) is 16.8. The SMILES string of the molecule is CCNC(=NCCCN1CCC(O)CC1)N(C)Cc1ccc(OC(F)F)cc1. The molecule has 1 saturated heterocycles. The smallest absolute Gasteiger partial charge is 0.387 e. The fourth-order valence-corrected chi connectivity index (χ4v) is 3.22. The average molecular weight is 398 g/mol. The number of guanidine groups is 1. The standard InChI is InChI=1S/C20H32F2N4O2/c1-3-23-20(24-11-4-12-26-13-9-17(27)10-14-26)25(2)15-16-5-7-18(8-6-16)28-19(21)22/h5-8,17,19,27H,3-4,9-15H2,1-2H3,(H,23,24). The van der Waals surface area contributed by atoms with Crippen LogP contribution in [-0.2, 0) is 6.54 Å². The van der Waals surface area contributed by atoms with Gasteiger partial charge in [-0.3, -0.25) is 4.99 Å². The molecule has 28 heavy (non-hydrogen) atoms. The van der Waals surface area contributed by atoms with Crippen LogP contribution in [0.15, 0.2) is 29.3 Å². The summed E-state index contributed by atoms with van der Waals surface area (Å²) in [5.74, 6) is 0.983. The first-order valence-corrected chi connectivity index (χ1v) is 9.91. The third-order valence-electron chi connectivity index (χ3n) is 4.72. The van der Waals surface area contributed by atoms with Gasteiger partial charge < -0.3 is 25.0 Å². The molecule has 1 heterocycles. The van der Waals surface area contributed by atoms with Crippen molar-refractivity contribution < 1.29 is 18.6 Å². The van der Waals surface area contributed by atoms with Crippen molar-refractivity contribution in [3.8, 4) is 5.75 Å². The molecule has 0 amide bonds. The molecule has 2 rings (SSSR count). The first-order chi connectivity index (χ1) is 13.5. The first kappa shape index (κ1) is 22.4. The molecule has 0 unspecified atom stereocenters. The van der Waals surface area contributed by atoms with E-state index in [1.54, 1.807) is 24.3 Å². The number of hydrogen-bond acceptors (Lipinski definition) is 4. The van der Waals surface area contributed by atoms with E-state index in [0.29, 0.717) is 6.54 Å². The quantitative estimate of drug-likeness (QED) is 0.380. The van der Waals surface area contributed by atoms with Gasteiger partial charge in [-0.1, -0.05) is 12.1 Å². The van der Waals surface area contributed by atoms with Crippen molar-refractivity contribution >= 4 is 5.96 Å². The minimum atomic E-state index is -2.81. The third kappa shape index (κ3) is 7.98. The van der Waals surface area contributed by atoms with E-state index in [1.807, 2.05) is 18.9 Å². The summed E-state index contributed by atoms with van der Waals surface area (Å²) >= 11 is 0. The van der Waals surface area contributed by atoms with Crippen molar-refractivity contribution in [1.82, 2.24) is 15.1 Å². The Balaban J connectivity index is 1.81. The molecule has 2 N–H and O–H groups in total. The maximum Gasteiger partial charge on any atom is 0.387 e. The number of likely N-dealkylation sites (tertiary alicyclic amines) is 1. The maximum atomic E-state index is 12.2. The Morgan fingerprint density at radius 3 is 2.61 bits per heavy atom. The molecule has 1 aliphatic rings. The summed E-state index contributed by atoms with van der Waals surface area (Å²) in [6, 6.07) is 6.66. The Morgan fingerprint density at radius 1 is 1.32 bits per heavy atom. The van der Waals surface area contributed by atoms with Crippen molar-refractivity contribution in [2.45, 2.75) is 45.4 Å². The Bertz CT molecular complexity index is 590. The molecule has 1 aromatic carbocycles. The molecular weight excluding hydrogens is 366 g/mol. The van der Waals surface area contributed by atoms with Crippen LogP contribution in [-0.4, -0.2) is 73.4 Å². The van der Waals surface area contributed by atoms with E-state index >= 15 is 0 Å². The molecule has 158 valence electrons. The summed E-state index contributed by atoms with van der Waals surface area (Å²) in [5, 5.41) is 12.9. The highest BCUT2D eigenvalue weighted by Crippen LogP contribution is 2.16. The number of rotatable bonds is 9. The zero-order chi connectivity index (χ0) is 20.4. The molecule has 0 aromatic heterocycles. The van der Waals surface area contributed by atoms with Crippen LogP contribution < -0.4 is 10.1 Å². The molecular formula is C20H32F2N4O2. The summed E-state index contributed by atoms with van der Waals surface area (Å²) in [7, 11) is 1.96. The number of aliphatic hydroxyl groups excluding tert-OH is 1. The number of benzene rings is 1. The van der Waals surface area contributed by atoms with Crippen LogP contribution in [0.25, 0.3) is 0 Å². The van der Waals surface area contributed by atoms with E-state index < -0.39 is 6.61 Å². The molecule has 1 aromatic rings. The van der Waals surface area contributed by atoms with E-state index in [2.05, 4.69) is 15.0 Å². The van der Waals surface area contributed by atoms with Gasteiger partial charge in [0.15, 0.2) is 5.96 Å². The Labute approximate surface area is 166 Å². The topological polar surface area (TPSA) is 60.3 Å². The lowest BCUT2D eigenvalue weighted by Gasteiger charge is -2.29. The fraction of sp³-hybridized carbons (Fsp3) is 0.650. The Kier molecular flexibility index (Phi) is 9.43. The van der Waals surface area contributed by atoms with Crippen LogP contribution in [0.5, 0.6) is 5.75 Å². The molecule has 0 bridgehead atoms. The molecule has 1 aliphatic heterocycles. The summed E-state index contributed by atoms with van der Waals surface area (Å²) < 4.78 is 28.9. The van der Waals surface area contributed by atoms with Gasteiger partial charge in [0.25, 0.3) is 0 Å². The second kappa shape index (κ2) is 11.8. The highest BCUT2D eigenvalue weighted by Gasteiger charge is 2.16. The van der Waals surface area contributed by atoms with Gasteiger partial charge >= 0.3 is 6.61 Å². The van der Waals surface area contributed by atoms with Gasteiger partial charge in [0.2, 0.25) is 0 Å². The van der Waals surface area contributed by atoms with Crippen molar-refractivity contribution in [1.29, 1.82) is 0 Å². The number of ether oxygens (including phenoxy) is 1. The van der Waals surface area contributed by atoms with Gasteiger partial charge in [-0.2, -0.15) is 8.78 Å². The second-order valence-corrected chi connectivity index (χ2v) is 7.04. The molecule has 0 spiro atoms. The largest absolute Gasteiger partial charge is 0.435 e. The average Bonchev–Trinajstić information content (AvgIpc) is 2.66. The number of aliphatic imine (C=N–C) groups is 1. The third-order valence-corrected chi connectivity index (χ3v) is 4.72. The van der Waals surface area contributed by atoms with Crippen molar-refractivity contribution in [3.05, 3.63) is 29.8 Å². The number of alkyl halides is 2. The second-order valence-electron chi connectivity index (χ2n) is 7.04. The lowest BCUT2D eigenvalue weighted by molar-refractivity contribution is -0.0498. The van der Waals surface area contributed by atoms with Gasteiger partial charge in [0, 0.05) is 39.8 Å². The Hall–Kier alpha value is -1.93. The summed E-state index contributed by atoms with van der Waals surface area (Å²) in [5.41, 5.74) is 0.988. The number of halogens is 2. The molecule has 6 nitrogen and oxygen atoms in total. The highest BCUT2D eigenvalue weighted by molar-refractivity contribution is 5.79. The minimum Gasteiger partial charge on any atom is -0.435 e. The van der Waals surface area contributed by atoms with Crippen LogP contribution in [0.1, 0.15) is 31.7 Å².